The zero-order valence-electron chi connectivity index (χ0n) is 25.7. The number of ether oxygens (including phenoxy) is 1. The molecule has 1 aliphatic heterocycles. The SMILES string of the molecule is CCCN(C)CCC.COC(C)(C)C.Cc1cc(O)cc(Nc2ccnc3[nH]c(C4=CCN(C=O)CC4)cc23)c1. The van der Waals surface area contributed by atoms with Crippen LogP contribution in [0.15, 0.2) is 42.6 Å². The second-order valence-corrected chi connectivity index (χ2v) is 11.2. The van der Waals surface area contributed by atoms with Gasteiger partial charge < -0.3 is 29.9 Å². The number of nitrogens with zero attached hydrogens (tertiary/aromatic N) is 3. The number of methoxy groups -OCH3 is 1. The number of amides is 1. The predicted octanol–water partition coefficient (Wildman–Crippen LogP) is 6.74. The lowest BCUT2D eigenvalue weighted by molar-refractivity contribution is -0.117. The van der Waals surface area contributed by atoms with E-state index < -0.39 is 0 Å². The number of carbonyl (C=O) groups excluding carboxylic acids is 1. The molecular weight excluding hydrogens is 502 g/mol. The maximum absolute atomic E-state index is 10.9. The number of aromatic amines is 1. The molecule has 3 N–H and O–H groups in total. The van der Waals surface area contributed by atoms with Crippen molar-refractivity contribution in [3.8, 4) is 5.75 Å². The van der Waals surface area contributed by atoms with Gasteiger partial charge in [-0.05, 0) is 102 Å². The zero-order chi connectivity index (χ0) is 29.7. The van der Waals surface area contributed by atoms with Crippen molar-refractivity contribution < 1.29 is 14.6 Å². The molecule has 1 amide bonds. The van der Waals surface area contributed by atoms with Gasteiger partial charge in [0.15, 0.2) is 0 Å². The van der Waals surface area contributed by atoms with Crippen LogP contribution in [0.4, 0.5) is 11.4 Å². The van der Waals surface area contributed by atoms with E-state index in [0.29, 0.717) is 6.54 Å². The van der Waals surface area contributed by atoms with E-state index in [0.717, 1.165) is 53.0 Å². The summed E-state index contributed by atoms with van der Waals surface area (Å²) in [6.07, 6.45) is 8.09. The molecule has 1 aliphatic rings. The first-order valence-electron chi connectivity index (χ1n) is 14.2. The average Bonchev–Trinajstić information content (AvgIpc) is 3.34. The first kappa shape index (κ1) is 32.8. The van der Waals surface area contributed by atoms with Gasteiger partial charge in [-0.2, -0.15) is 0 Å². The molecule has 3 heterocycles. The molecule has 0 fully saturated rings. The summed E-state index contributed by atoms with van der Waals surface area (Å²) in [6.45, 7) is 16.3. The first-order valence-corrected chi connectivity index (χ1v) is 14.2. The van der Waals surface area contributed by atoms with Crippen LogP contribution in [-0.2, 0) is 9.53 Å². The topological polar surface area (TPSA) is 93.7 Å². The van der Waals surface area contributed by atoms with E-state index in [1.54, 1.807) is 30.3 Å². The minimum absolute atomic E-state index is 0.0417. The number of pyridine rings is 1. The maximum atomic E-state index is 10.9. The molecule has 0 aliphatic carbocycles. The largest absolute Gasteiger partial charge is 0.508 e. The van der Waals surface area contributed by atoms with Gasteiger partial charge in [-0.25, -0.2) is 4.98 Å². The van der Waals surface area contributed by atoms with Crippen LogP contribution < -0.4 is 5.32 Å². The molecule has 8 heteroatoms. The second kappa shape index (κ2) is 16.0. The van der Waals surface area contributed by atoms with Crippen molar-refractivity contribution in [2.45, 2.75) is 66.4 Å². The molecule has 0 saturated heterocycles. The summed E-state index contributed by atoms with van der Waals surface area (Å²) in [4.78, 5) is 22.8. The Kier molecular flexibility index (Phi) is 13.2. The summed E-state index contributed by atoms with van der Waals surface area (Å²) in [5.74, 6) is 0.236. The number of aromatic nitrogens is 2. The summed E-state index contributed by atoms with van der Waals surface area (Å²) in [7, 11) is 3.88. The number of carbonyl (C=O) groups is 1. The molecule has 220 valence electrons. The van der Waals surface area contributed by atoms with Gasteiger partial charge in [0, 0.05) is 49.2 Å². The minimum atomic E-state index is 0.0417. The summed E-state index contributed by atoms with van der Waals surface area (Å²) < 4.78 is 4.94. The summed E-state index contributed by atoms with van der Waals surface area (Å²) in [6, 6.07) is 9.41. The standard InChI is InChI=1S/C20H20N4O2.C7H17N.C5H12O/c1-13-8-15(10-16(26)9-13)22-18-2-5-21-20-17(18)11-19(23-20)14-3-6-24(12-25)7-4-14;1-4-6-8(3)7-5-2;1-5(2,3)6-4/h2-3,5,8-12,26H,4,6-7H2,1H3,(H2,21,22,23);4-7H2,1-3H3;1-4H3. The van der Waals surface area contributed by atoms with Gasteiger partial charge in [0.05, 0.1) is 11.3 Å². The Bertz CT molecular complexity index is 1200. The molecule has 40 heavy (non-hydrogen) atoms. The smallest absolute Gasteiger partial charge is 0.209 e. The van der Waals surface area contributed by atoms with Crippen molar-refractivity contribution in [3.05, 3.63) is 53.9 Å². The summed E-state index contributed by atoms with van der Waals surface area (Å²) >= 11 is 0. The fraction of sp³-hybridized carbons (Fsp3) is 0.500. The quantitative estimate of drug-likeness (QED) is 0.269. The number of hydrogen-bond acceptors (Lipinski definition) is 6. The highest BCUT2D eigenvalue weighted by molar-refractivity contribution is 5.94. The highest BCUT2D eigenvalue weighted by Gasteiger charge is 2.15. The Morgan fingerprint density at radius 1 is 1.18 bits per heavy atom. The van der Waals surface area contributed by atoms with Gasteiger partial charge in [-0.1, -0.05) is 19.9 Å². The van der Waals surface area contributed by atoms with Crippen molar-refractivity contribution in [1.29, 1.82) is 0 Å². The zero-order valence-corrected chi connectivity index (χ0v) is 25.7. The molecule has 0 unspecified atom stereocenters. The van der Waals surface area contributed by atoms with Gasteiger partial charge in [0.2, 0.25) is 6.41 Å². The lowest BCUT2D eigenvalue weighted by Gasteiger charge is -2.21. The van der Waals surface area contributed by atoms with Gasteiger partial charge in [0.1, 0.15) is 11.4 Å². The molecule has 2 aromatic heterocycles. The highest BCUT2D eigenvalue weighted by atomic mass is 16.5. The normalized spacial score (nSPS) is 13.2. The average molecular weight is 552 g/mol. The van der Waals surface area contributed by atoms with Crippen molar-refractivity contribution in [2.75, 3.05) is 45.7 Å². The third kappa shape index (κ3) is 11.0. The Morgan fingerprint density at radius 2 is 1.85 bits per heavy atom. The number of aryl methyl sites for hydroxylation is 1. The molecule has 0 atom stereocenters. The van der Waals surface area contributed by atoms with E-state index in [9.17, 15) is 9.90 Å². The molecule has 4 rings (SSSR count). The third-order valence-electron chi connectivity index (χ3n) is 6.43. The molecule has 0 saturated carbocycles. The summed E-state index contributed by atoms with van der Waals surface area (Å²) in [5, 5.41) is 14.2. The highest BCUT2D eigenvalue weighted by Crippen LogP contribution is 2.31. The number of fused-ring (bicyclic) bond motifs is 1. The second-order valence-electron chi connectivity index (χ2n) is 11.2. The number of benzene rings is 1. The number of phenolic OH excluding ortho intramolecular Hbond substituents is 1. The van der Waals surface area contributed by atoms with Crippen LogP contribution in [0.1, 0.15) is 65.1 Å². The predicted molar refractivity (Wildman–Crippen MR) is 167 cm³/mol. The number of hydrogen-bond donors (Lipinski definition) is 3. The number of aromatic hydroxyl groups is 1. The number of anilines is 2. The molecule has 0 radical (unpaired) electrons. The van der Waals surface area contributed by atoms with Crippen molar-refractivity contribution >= 4 is 34.4 Å². The monoisotopic (exact) mass is 551 g/mol. The Balaban J connectivity index is 0.000000333. The third-order valence-corrected chi connectivity index (χ3v) is 6.43. The molecule has 0 bridgehead atoms. The van der Waals surface area contributed by atoms with Crippen LogP contribution in [0, 0.1) is 6.92 Å². The van der Waals surface area contributed by atoms with Crippen LogP contribution in [0.3, 0.4) is 0 Å². The van der Waals surface area contributed by atoms with E-state index in [2.05, 4.69) is 53.2 Å². The van der Waals surface area contributed by atoms with E-state index in [-0.39, 0.29) is 11.4 Å². The van der Waals surface area contributed by atoms with Crippen LogP contribution in [0.25, 0.3) is 16.6 Å². The molecule has 0 spiro atoms. The molecule has 1 aromatic carbocycles. The number of rotatable bonds is 8. The lowest BCUT2D eigenvalue weighted by atomic mass is 10.1. The van der Waals surface area contributed by atoms with Gasteiger partial charge >= 0.3 is 0 Å². The van der Waals surface area contributed by atoms with Crippen molar-refractivity contribution in [1.82, 2.24) is 19.8 Å². The Morgan fingerprint density at radius 3 is 2.38 bits per heavy atom. The van der Waals surface area contributed by atoms with E-state index in [1.807, 2.05) is 39.8 Å². The van der Waals surface area contributed by atoms with Crippen LogP contribution in [0.2, 0.25) is 0 Å². The number of phenols is 1. The fourth-order valence-corrected chi connectivity index (χ4v) is 4.20. The Labute approximate surface area is 240 Å². The molecule has 8 nitrogen and oxygen atoms in total. The van der Waals surface area contributed by atoms with Gasteiger partial charge in [-0.3, -0.25) is 4.79 Å². The number of nitrogens with one attached hydrogen (secondary N) is 2. The minimum Gasteiger partial charge on any atom is -0.508 e. The van der Waals surface area contributed by atoms with Crippen LogP contribution in [-0.4, -0.2) is 77.2 Å². The van der Waals surface area contributed by atoms with E-state index in [1.165, 1.54) is 31.5 Å². The fourth-order valence-electron chi connectivity index (χ4n) is 4.20. The van der Waals surface area contributed by atoms with Crippen LogP contribution >= 0.6 is 0 Å². The summed E-state index contributed by atoms with van der Waals surface area (Å²) in [5.41, 5.74) is 5.81. The molecule has 3 aromatic rings. The Hall–Kier alpha value is -3.36. The number of H-pyrrole nitrogens is 1. The van der Waals surface area contributed by atoms with Crippen molar-refractivity contribution in [3.63, 3.8) is 0 Å². The van der Waals surface area contributed by atoms with E-state index in [4.69, 9.17) is 4.74 Å². The van der Waals surface area contributed by atoms with E-state index >= 15 is 0 Å². The maximum Gasteiger partial charge on any atom is 0.209 e. The van der Waals surface area contributed by atoms with Gasteiger partial charge in [0.25, 0.3) is 0 Å². The first-order chi connectivity index (χ1) is 19.0. The molecular formula is C32H49N5O3. The van der Waals surface area contributed by atoms with Crippen molar-refractivity contribution in [2.24, 2.45) is 0 Å². The lowest BCUT2D eigenvalue weighted by Crippen LogP contribution is -2.26. The van der Waals surface area contributed by atoms with Crippen LogP contribution in [0.5, 0.6) is 5.75 Å². The van der Waals surface area contributed by atoms with Gasteiger partial charge in [-0.15, -0.1) is 0 Å².